The van der Waals surface area contributed by atoms with E-state index in [0.29, 0.717) is 11.3 Å². The summed E-state index contributed by atoms with van der Waals surface area (Å²) in [6.07, 6.45) is -3.81. The van der Waals surface area contributed by atoms with E-state index in [1.807, 2.05) is 0 Å². The van der Waals surface area contributed by atoms with Crippen molar-refractivity contribution in [3.05, 3.63) is 51.3 Å². The van der Waals surface area contributed by atoms with Gasteiger partial charge in [0.2, 0.25) is 0 Å². The second kappa shape index (κ2) is 6.21. The summed E-state index contributed by atoms with van der Waals surface area (Å²) < 4.78 is 6.30. The number of anilines is 1. The number of aromatic nitrogens is 2. The molecule has 2 heterocycles. The molecule has 1 aliphatic heterocycles. The fraction of sp³-hybridized carbons (Fsp3) is 0.333. The molecule has 0 saturated carbocycles. The molecule has 1 saturated heterocycles. The SMILES string of the molecule is Nc1cccc(-c2cn([C@@H]3O[C@H](CO)[C@@H](O)[C@H]3O)c(=O)[nH]c2=O)c1. The van der Waals surface area contributed by atoms with Crippen molar-refractivity contribution < 1.29 is 20.1 Å². The average molecular weight is 335 g/mol. The van der Waals surface area contributed by atoms with Crippen LogP contribution in [0.4, 0.5) is 5.69 Å². The maximum Gasteiger partial charge on any atom is 0.330 e. The van der Waals surface area contributed by atoms with Gasteiger partial charge in [-0.2, -0.15) is 0 Å². The monoisotopic (exact) mass is 335 g/mol. The summed E-state index contributed by atoms with van der Waals surface area (Å²) in [5.41, 5.74) is 5.36. The van der Waals surface area contributed by atoms with Crippen LogP contribution in [0.1, 0.15) is 6.23 Å². The molecule has 128 valence electrons. The standard InChI is InChI=1S/C15H17N3O6/c16-8-3-1-2-7(4-8)9-5-18(15(23)17-13(9)22)14-12(21)11(20)10(6-19)24-14/h1-5,10-12,14,19-21H,6,16H2,(H,17,22,23)/t10-,11-,12-,14-/m1/s1. The third kappa shape index (κ3) is 2.74. The van der Waals surface area contributed by atoms with Crippen molar-refractivity contribution in [2.45, 2.75) is 24.5 Å². The van der Waals surface area contributed by atoms with Gasteiger partial charge in [-0.25, -0.2) is 4.79 Å². The Morgan fingerprint density at radius 3 is 2.62 bits per heavy atom. The van der Waals surface area contributed by atoms with E-state index in [2.05, 4.69) is 4.98 Å². The van der Waals surface area contributed by atoms with E-state index in [1.54, 1.807) is 24.3 Å². The fourth-order valence-corrected chi connectivity index (χ4v) is 2.70. The molecule has 0 aliphatic carbocycles. The van der Waals surface area contributed by atoms with Crippen LogP contribution in [0, 0.1) is 0 Å². The van der Waals surface area contributed by atoms with Crippen LogP contribution in [0.2, 0.25) is 0 Å². The Kier molecular flexibility index (Phi) is 4.24. The summed E-state index contributed by atoms with van der Waals surface area (Å²) in [6, 6.07) is 6.52. The first-order chi connectivity index (χ1) is 11.4. The van der Waals surface area contributed by atoms with Crippen LogP contribution in [-0.4, -0.2) is 49.8 Å². The Bertz CT molecular complexity index is 861. The van der Waals surface area contributed by atoms with Gasteiger partial charge in [-0.15, -0.1) is 0 Å². The number of nitrogens with one attached hydrogen (secondary N) is 1. The van der Waals surface area contributed by atoms with Crippen molar-refractivity contribution in [1.29, 1.82) is 0 Å². The van der Waals surface area contributed by atoms with Gasteiger partial charge in [0.25, 0.3) is 5.56 Å². The summed E-state index contributed by atoms with van der Waals surface area (Å²) in [5, 5.41) is 29.0. The van der Waals surface area contributed by atoms with Crippen LogP contribution in [0.15, 0.2) is 40.1 Å². The minimum Gasteiger partial charge on any atom is -0.399 e. The number of aliphatic hydroxyl groups excluding tert-OH is 3. The summed E-state index contributed by atoms with van der Waals surface area (Å²) in [5.74, 6) is 0. The highest BCUT2D eigenvalue weighted by Crippen LogP contribution is 2.28. The Labute approximate surface area is 135 Å². The first-order valence-corrected chi connectivity index (χ1v) is 7.26. The summed E-state index contributed by atoms with van der Waals surface area (Å²) in [7, 11) is 0. The number of nitrogens with zero attached hydrogens (tertiary/aromatic N) is 1. The number of hydrogen-bond donors (Lipinski definition) is 5. The lowest BCUT2D eigenvalue weighted by atomic mass is 10.1. The molecule has 1 fully saturated rings. The summed E-state index contributed by atoms with van der Waals surface area (Å²) >= 11 is 0. The second-order valence-electron chi connectivity index (χ2n) is 5.56. The van der Waals surface area contributed by atoms with Crippen LogP contribution >= 0.6 is 0 Å². The van der Waals surface area contributed by atoms with Crippen molar-refractivity contribution >= 4 is 5.69 Å². The number of nitrogens with two attached hydrogens (primary N) is 1. The molecule has 1 aliphatic rings. The van der Waals surface area contributed by atoms with E-state index >= 15 is 0 Å². The molecule has 9 nitrogen and oxygen atoms in total. The van der Waals surface area contributed by atoms with Crippen LogP contribution in [0.5, 0.6) is 0 Å². The van der Waals surface area contributed by atoms with E-state index in [4.69, 9.17) is 15.6 Å². The number of ether oxygens (including phenoxy) is 1. The van der Waals surface area contributed by atoms with Crippen molar-refractivity contribution in [2.24, 2.45) is 0 Å². The maximum absolute atomic E-state index is 12.1. The first kappa shape index (κ1) is 16.4. The van der Waals surface area contributed by atoms with E-state index in [9.17, 15) is 19.8 Å². The molecule has 0 unspecified atom stereocenters. The molecule has 0 amide bonds. The molecular formula is C15H17N3O6. The van der Waals surface area contributed by atoms with Gasteiger partial charge >= 0.3 is 5.69 Å². The van der Waals surface area contributed by atoms with E-state index in [-0.39, 0.29) is 5.56 Å². The fourth-order valence-electron chi connectivity index (χ4n) is 2.70. The van der Waals surface area contributed by atoms with E-state index in [0.717, 1.165) is 4.57 Å². The lowest BCUT2D eigenvalue weighted by Gasteiger charge is -2.18. The predicted molar refractivity (Wildman–Crippen MR) is 84.2 cm³/mol. The number of aromatic amines is 1. The molecule has 24 heavy (non-hydrogen) atoms. The normalized spacial score (nSPS) is 26.6. The number of rotatable bonds is 3. The molecule has 4 atom stereocenters. The molecule has 3 rings (SSSR count). The highest BCUT2D eigenvalue weighted by atomic mass is 16.6. The third-order valence-electron chi connectivity index (χ3n) is 3.96. The molecule has 0 bridgehead atoms. The summed E-state index contributed by atoms with van der Waals surface area (Å²) in [6.45, 7) is -0.519. The Morgan fingerprint density at radius 2 is 2.00 bits per heavy atom. The zero-order valence-electron chi connectivity index (χ0n) is 12.5. The molecule has 6 N–H and O–H groups in total. The zero-order chi connectivity index (χ0) is 17.4. The number of benzene rings is 1. The van der Waals surface area contributed by atoms with Gasteiger partial charge in [0, 0.05) is 11.9 Å². The average Bonchev–Trinajstić information content (AvgIpc) is 2.83. The van der Waals surface area contributed by atoms with Crippen LogP contribution in [0.25, 0.3) is 11.1 Å². The molecule has 0 radical (unpaired) electrons. The zero-order valence-corrected chi connectivity index (χ0v) is 12.5. The van der Waals surface area contributed by atoms with Gasteiger partial charge in [-0.1, -0.05) is 12.1 Å². The highest BCUT2D eigenvalue weighted by Gasteiger charge is 2.43. The predicted octanol–water partition coefficient (Wildman–Crippen LogP) is -1.60. The van der Waals surface area contributed by atoms with Gasteiger partial charge in [-0.3, -0.25) is 14.3 Å². The topological polar surface area (TPSA) is 151 Å². The van der Waals surface area contributed by atoms with E-state index < -0.39 is 42.4 Å². The highest BCUT2D eigenvalue weighted by molar-refractivity contribution is 5.65. The minimum atomic E-state index is -1.43. The molecule has 2 aromatic rings. The minimum absolute atomic E-state index is 0.152. The van der Waals surface area contributed by atoms with Crippen molar-refractivity contribution in [1.82, 2.24) is 9.55 Å². The number of H-pyrrole nitrogens is 1. The Hall–Kier alpha value is -2.46. The maximum atomic E-state index is 12.1. The lowest BCUT2D eigenvalue weighted by molar-refractivity contribution is -0.0549. The molecule has 0 spiro atoms. The van der Waals surface area contributed by atoms with Gasteiger partial charge in [-0.05, 0) is 17.7 Å². The lowest BCUT2D eigenvalue weighted by Crippen LogP contribution is -2.38. The van der Waals surface area contributed by atoms with Crippen LogP contribution < -0.4 is 17.0 Å². The molecular weight excluding hydrogens is 318 g/mol. The molecule has 9 heteroatoms. The van der Waals surface area contributed by atoms with Gasteiger partial charge in [0.05, 0.1) is 12.2 Å². The number of aliphatic hydroxyl groups is 3. The van der Waals surface area contributed by atoms with Gasteiger partial charge in [0.15, 0.2) is 6.23 Å². The number of hydrogen-bond acceptors (Lipinski definition) is 7. The quantitative estimate of drug-likeness (QED) is 0.424. The van der Waals surface area contributed by atoms with Crippen molar-refractivity contribution in [2.75, 3.05) is 12.3 Å². The second-order valence-corrected chi connectivity index (χ2v) is 5.56. The largest absolute Gasteiger partial charge is 0.399 e. The van der Waals surface area contributed by atoms with E-state index in [1.165, 1.54) is 6.20 Å². The third-order valence-corrected chi connectivity index (χ3v) is 3.96. The van der Waals surface area contributed by atoms with Crippen molar-refractivity contribution in [3.63, 3.8) is 0 Å². The Morgan fingerprint density at radius 1 is 1.25 bits per heavy atom. The van der Waals surface area contributed by atoms with Crippen LogP contribution in [0.3, 0.4) is 0 Å². The molecule has 1 aromatic heterocycles. The van der Waals surface area contributed by atoms with Gasteiger partial charge < -0.3 is 25.8 Å². The summed E-state index contributed by atoms with van der Waals surface area (Å²) in [4.78, 5) is 26.3. The first-order valence-electron chi connectivity index (χ1n) is 7.26. The number of nitrogen functional groups attached to an aromatic ring is 1. The van der Waals surface area contributed by atoms with Crippen molar-refractivity contribution in [3.8, 4) is 11.1 Å². The van der Waals surface area contributed by atoms with Gasteiger partial charge in [0.1, 0.15) is 18.3 Å². The van der Waals surface area contributed by atoms with Crippen LogP contribution in [-0.2, 0) is 4.74 Å². The smallest absolute Gasteiger partial charge is 0.330 e. The Balaban J connectivity index is 2.09. The molecule has 1 aromatic carbocycles.